The normalized spacial score (nSPS) is 18.5. The zero-order chi connectivity index (χ0) is 21.7. The second kappa shape index (κ2) is 9.90. The number of aryl methyl sites for hydroxylation is 1. The first-order valence-corrected chi connectivity index (χ1v) is 12.5. The van der Waals surface area contributed by atoms with Gasteiger partial charge in [0, 0.05) is 32.0 Å². The summed E-state index contributed by atoms with van der Waals surface area (Å²) in [5, 5.41) is 2.57. The van der Waals surface area contributed by atoms with E-state index in [0.29, 0.717) is 49.9 Å². The number of hydrogen-bond donors (Lipinski definition) is 1. The van der Waals surface area contributed by atoms with E-state index in [0.717, 1.165) is 12.8 Å². The van der Waals surface area contributed by atoms with Crippen molar-refractivity contribution in [2.24, 2.45) is 5.92 Å². The monoisotopic (exact) mass is 438 g/mol. The second-order valence-electron chi connectivity index (χ2n) is 8.48. The molecule has 30 heavy (non-hydrogen) atoms. The van der Waals surface area contributed by atoms with E-state index in [-0.39, 0.29) is 47.5 Å². The molecule has 0 atom stereocenters. The molecule has 1 saturated carbocycles. The van der Waals surface area contributed by atoms with E-state index in [1.54, 1.807) is 24.0 Å². The van der Waals surface area contributed by atoms with Crippen molar-refractivity contribution in [3.8, 4) is 0 Å². The number of carbonyl (C=O) groups excluding carboxylic acids is 2. The standard InChI is InChI=1S/C22H31FN2O4S/c1-16-6-7-17(14-20(16)23)15-24-22(27)18-8-11-25(12-9-18)21(26)10-13-30(28,29)19-4-2-3-5-19/h6-7,14,18-19H,2-5,8-13,15H2,1H3,(H,24,27). The summed E-state index contributed by atoms with van der Waals surface area (Å²) in [6, 6.07) is 4.91. The van der Waals surface area contributed by atoms with Gasteiger partial charge in [0.2, 0.25) is 11.8 Å². The van der Waals surface area contributed by atoms with E-state index < -0.39 is 9.84 Å². The zero-order valence-corrected chi connectivity index (χ0v) is 18.3. The van der Waals surface area contributed by atoms with E-state index in [2.05, 4.69) is 5.32 Å². The average Bonchev–Trinajstić information content (AvgIpc) is 3.29. The minimum Gasteiger partial charge on any atom is -0.352 e. The van der Waals surface area contributed by atoms with Crippen molar-refractivity contribution in [1.29, 1.82) is 0 Å². The fourth-order valence-corrected chi connectivity index (χ4v) is 6.12. The van der Waals surface area contributed by atoms with E-state index in [4.69, 9.17) is 0 Å². The molecule has 1 N–H and O–H groups in total. The van der Waals surface area contributed by atoms with Gasteiger partial charge in [0.1, 0.15) is 5.82 Å². The summed E-state index contributed by atoms with van der Waals surface area (Å²) in [7, 11) is -3.20. The summed E-state index contributed by atoms with van der Waals surface area (Å²) in [5.74, 6) is -0.795. The third-order valence-electron chi connectivity index (χ3n) is 6.33. The Bertz CT molecular complexity index is 873. The zero-order valence-electron chi connectivity index (χ0n) is 17.5. The summed E-state index contributed by atoms with van der Waals surface area (Å²) in [6.45, 7) is 2.88. The Hall–Kier alpha value is -1.96. The van der Waals surface area contributed by atoms with Crippen LogP contribution in [0.1, 0.15) is 56.1 Å². The number of nitrogens with zero attached hydrogens (tertiary/aromatic N) is 1. The Morgan fingerprint density at radius 3 is 2.43 bits per heavy atom. The predicted molar refractivity (Wildman–Crippen MR) is 113 cm³/mol. The minimum absolute atomic E-state index is 0.0225. The van der Waals surface area contributed by atoms with E-state index in [1.165, 1.54) is 6.07 Å². The van der Waals surface area contributed by atoms with Crippen LogP contribution in [-0.4, -0.2) is 49.2 Å². The number of piperidine rings is 1. The van der Waals surface area contributed by atoms with E-state index >= 15 is 0 Å². The number of amides is 2. The van der Waals surface area contributed by atoms with Crippen LogP contribution >= 0.6 is 0 Å². The molecular formula is C22H31FN2O4S. The lowest BCUT2D eigenvalue weighted by Crippen LogP contribution is -2.43. The largest absolute Gasteiger partial charge is 0.352 e. The van der Waals surface area contributed by atoms with Gasteiger partial charge in [0.15, 0.2) is 9.84 Å². The number of carbonyl (C=O) groups is 2. The van der Waals surface area contributed by atoms with Crippen LogP contribution in [0.25, 0.3) is 0 Å². The van der Waals surface area contributed by atoms with Gasteiger partial charge in [-0.3, -0.25) is 9.59 Å². The Balaban J connectivity index is 1.40. The third kappa shape index (κ3) is 5.80. The van der Waals surface area contributed by atoms with Crippen molar-refractivity contribution < 1.29 is 22.4 Å². The molecule has 1 aliphatic carbocycles. The van der Waals surface area contributed by atoms with Crippen LogP contribution in [0.4, 0.5) is 4.39 Å². The first-order valence-electron chi connectivity index (χ1n) is 10.8. The van der Waals surface area contributed by atoms with Crippen molar-refractivity contribution in [2.45, 2.75) is 63.7 Å². The number of likely N-dealkylation sites (tertiary alicyclic amines) is 1. The lowest BCUT2D eigenvalue weighted by Gasteiger charge is -2.31. The molecule has 3 rings (SSSR count). The maximum Gasteiger partial charge on any atom is 0.223 e. The quantitative estimate of drug-likeness (QED) is 0.710. The molecule has 0 bridgehead atoms. The molecule has 6 nitrogen and oxygen atoms in total. The Kier molecular flexibility index (Phi) is 7.50. The second-order valence-corrected chi connectivity index (χ2v) is 10.9. The highest BCUT2D eigenvalue weighted by Gasteiger charge is 2.31. The van der Waals surface area contributed by atoms with Crippen LogP contribution in [0.3, 0.4) is 0 Å². The topological polar surface area (TPSA) is 83.6 Å². The average molecular weight is 439 g/mol. The van der Waals surface area contributed by atoms with Gasteiger partial charge in [-0.2, -0.15) is 0 Å². The number of hydrogen-bond acceptors (Lipinski definition) is 4. The maximum absolute atomic E-state index is 13.6. The van der Waals surface area contributed by atoms with Crippen molar-refractivity contribution in [3.05, 3.63) is 35.1 Å². The molecule has 0 radical (unpaired) electrons. The lowest BCUT2D eigenvalue weighted by molar-refractivity contribution is -0.135. The van der Waals surface area contributed by atoms with Crippen LogP contribution in [0.2, 0.25) is 0 Å². The van der Waals surface area contributed by atoms with Gasteiger partial charge >= 0.3 is 0 Å². The molecule has 1 aliphatic heterocycles. The molecule has 1 aromatic carbocycles. The summed E-state index contributed by atoms with van der Waals surface area (Å²) >= 11 is 0. The summed E-state index contributed by atoms with van der Waals surface area (Å²) in [5.41, 5.74) is 1.28. The molecule has 0 unspecified atom stereocenters. The highest BCUT2D eigenvalue weighted by Crippen LogP contribution is 2.26. The Morgan fingerprint density at radius 2 is 1.80 bits per heavy atom. The molecule has 1 heterocycles. The molecule has 0 aromatic heterocycles. The van der Waals surface area contributed by atoms with Crippen LogP contribution in [-0.2, 0) is 26.0 Å². The maximum atomic E-state index is 13.6. The first kappa shape index (κ1) is 22.7. The molecule has 1 aromatic rings. The van der Waals surface area contributed by atoms with Gasteiger partial charge in [-0.1, -0.05) is 25.0 Å². The van der Waals surface area contributed by atoms with Gasteiger partial charge in [-0.05, 0) is 49.8 Å². The van der Waals surface area contributed by atoms with Gasteiger partial charge in [0.05, 0.1) is 11.0 Å². The molecule has 166 valence electrons. The molecule has 1 saturated heterocycles. The predicted octanol–water partition coefficient (Wildman–Crippen LogP) is 2.74. The summed E-state index contributed by atoms with van der Waals surface area (Å²) in [6.07, 6.45) is 4.45. The fourth-order valence-electron chi connectivity index (χ4n) is 4.27. The van der Waals surface area contributed by atoms with Crippen molar-refractivity contribution in [2.75, 3.05) is 18.8 Å². The lowest BCUT2D eigenvalue weighted by atomic mass is 9.95. The van der Waals surface area contributed by atoms with Crippen LogP contribution < -0.4 is 5.32 Å². The van der Waals surface area contributed by atoms with Crippen LogP contribution in [0.15, 0.2) is 18.2 Å². The summed E-state index contributed by atoms with van der Waals surface area (Å²) in [4.78, 5) is 26.5. The Labute approximate surface area is 178 Å². The van der Waals surface area contributed by atoms with Gasteiger partial charge in [0.25, 0.3) is 0 Å². The number of nitrogens with one attached hydrogen (secondary N) is 1. The van der Waals surface area contributed by atoms with Crippen molar-refractivity contribution in [1.82, 2.24) is 10.2 Å². The Morgan fingerprint density at radius 1 is 1.13 bits per heavy atom. The minimum atomic E-state index is -3.20. The molecule has 2 amide bonds. The van der Waals surface area contributed by atoms with E-state index in [9.17, 15) is 22.4 Å². The molecule has 2 fully saturated rings. The number of rotatable bonds is 7. The summed E-state index contributed by atoms with van der Waals surface area (Å²) < 4.78 is 38.3. The highest BCUT2D eigenvalue weighted by atomic mass is 32.2. The molecular weight excluding hydrogens is 407 g/mol. The molecule has 2 aliphatic rings. The highest BCUT2D eigenvalue weighted by molar-refractivity contribution is 7.92. The van der Waals surface area contributed by atoms with E-state index in [1.807, 2.05) is 0 Å². The number of sulfone groups is 1. The number of halogens is 1. The van der Waals surface area contributed by atoms with Crippen LogP contribution in [0, 0.1) is 18.7 Å². The van der Waals surface area contributed by atoms with Crippen molar-refractivity contribution in [3.63, 3.8) is 0 Å². The van der Waals surface area contributed by atoms with Gasteiger partial charge in [-0.15, -0.1) is 0 Å². The third-order valence-corrected chi connectivity index (χ3v) is 8.59. The number of benzene rings is 1. The first-order chi connectivity index (χ1) is 14.3. The smallest absolute Gasteiger partial charge is 0.223 e. The van der Waals surface area contributed by atoms with Crippen LogP contribution in [0.5, 0.6) is 0 Å². The SMILES string of the molecule is Cc1ccc(CNC(=O)C2CCN(C(=O)CCS(=O)(=O)C3CCCC3)CC2)cc1F. The molecule has 0 spiro atoms. The van der Waals surface area contributed by atoms with Gasteiger partial charge < -0.3 is 10.2 Å². The molecule has 8 heteroatoms. The van der Waals surface area contributed by atoms with Crippen molar-refractivity contribution >= 4 is 21.7 Å². The van der Waals surface area contributed by atoms with Gasteiger partial charge in [-0.25, -0.2) is 12.8 Å². The fraction of sp³-hybridized carbons (Fsp3) is 0.636.